The summed E-state index contributed by atoms with van der Waals surface area (Å²) in [6.45, 7) is 1.38. The van der Waals surface area contributed by atoms with Crippen LogP contribution in [0.15, 0.2) is 132 Å². The number of nitrogens with one attached hydrogen (secondary N) is 1. The minimum Gasteiger partial charge on any atom is -0.497 e. The lowest BCUT2D eigenvalue weighted by Gasteiger charge is -2.37. The Morgan fingerprint density at radius 1 is 0.827 bits per heavy atom. The molecule has 11 heteroatoms. The molecule has 3 atom stereocenters. The molecule has 1 aliphatic rings. The molecule has 0 saturated carbocycles. The van der Waals surface area contributed by atoms with Crippen LogP contribution in [0.25, 0.3) is 0 Å². The molecule has 1 amide bonds. The normalized spacial score (nSPS) is 16.9. The van der Waals surface area contributed by atoms with Crippen molar-refractivity contribution in [1.29, 1.82) is 0 Å². The Hall–Kier alpha value is -5.91. The van der Waals surface area contributed by atoms with Gasteiger partial charge in [-0.2, -0.15) is 4.98 Å². The van der Waals surface area contributed by atoms with Gasteiger partial charge in [0, 0.05) is 24.6 Å². The highest BCUT2D eigenvalue weighted by molar-refractivity contribution is 6.03. The Morgan fingerprint density at radius 2 is 1.40 bits per heavy atom. The molecule has 11 nitrogen and oxygen atoms in total. The van der Waals surface area contributed by atoms with Crippen molar-refractivity contribution in [2.75, 3.05) is 19.0 Å². The highest BCUT2D eigenvalue weighted by atomic mass is 16.6. The minimum atomic E-state index is -1.07. The van der Waals surface area contributed by atoms with Crippen molar-refractivity contribution < 1.29 is 33.3 Å². The van der Waals surface area contributed by atoms with Crippen LogP contribution < -0.4 is 15.7 Å². The van der Waals surface area contributed by atoms with E-state index in [0.29, 0.717) is 11.3 Å². The monoisotopic (exact) mass is 701 g/mol. The molecule has 1 saturated heterocycles. The third-order valence-corrected chi connectivity index (χ3v) is 8.88. The van der Waals surface area contributed by atoms with Crippen LogP contribution >= 0.6 is 0 Å². The summed E-state index contributed by atoms with van der Waals surface area (Å²) in [5.74, 6) is -0.473. The summed E-state index contributed by atoms with van der Waals surface area (Å²) in [5, 5.41) is 2.64. The van der Waals surface area contributed by atoms with Gasteiger partial charge in [0.2, 0.25) is 0 Å². The van der Waals surface area contributed by atoms with Gasteiger partial charge in [-0.05, 0) is 53.9 Å². The molecule has 1 fully saturated rings. The Bertz CT molecular complexity index is 1940. The van der Waals surface area contributed by atoms with E-state index in [1.165, 1.54) is 30.9 Å². The van der Waals surface area contributed by atoms with Gasteiger partial charge in [0.15, 0.2) is 0 Å². The summed E-state index contributed by atoms with van der Waals surface area (Å²) in [5.41, 5.74) is 1.25. The number of Topliss-reactive ketones (excluding diaryl/α,β-unsaturated/α-hetero) is 1. The predicted octanol–water partition coefficient (Wildman–Crippen LogP) is 6.08. The summed E-state index contributed by atoms with van der Waals surface area (Å²) < 4.78 is 25.8. The Morgan fingerprint density at radius 3 is 1.92 bits per heavy atom. The molecule has 5 aromatic rings. The number of nitrogens with zero attached hydrogens (tertiary/aromatic N) is 2. The standard InChI is InChI=1S/C41H39N3O8/c1-28(45)18-23-38(46)52-34-26-37(44-25-24-36(43-40(44)48)42-39(47)29-19-21-33(49-2)22-20-29)51-35(34)27-50-41(30-12-6-3-7-13-30,31-14-8-4-9-15-31)32-16-10-5-11-17-32/h3-17,19-22,24-25,34-35,37H,18,23,26-27H2,1-2H3,(H,42,43,47,48)/t34-,35+,37+/m1/s1. The van der Waals surface area contributed by atoms with Crippen LogP contribution in [0.5, 0.6) is 5.75 Å². The molecule has 2 heterocycles. The number of anilines is 1. The van der Waals surface area contributed by atoms with Crippen LogP contribution in [0.1, 0.15) is 59.5 Å². The second kappa shape index (κ2) is 16.4. The molecule has 0 spiro atoms. The number of benzene rings is 4. The van der Waals surface area contributed by atoms with Crippen molar-refractivity contribution in [2.45, 2.75) is 50.2 Å². The maximum absolute atomic E-state index is 13.3. The molecule has 0 unspecified atom stereocenters. The molecule has 0 radical (unpaired) electrons. The van der Waals surface area contributed by atoms with Crippen LogP contribution in [0.2, 0.25) is 0 Å². The number of methoxy groups -OCH3 is 1. The second-order valence-electron chi connectivity index (χ2n) is 12.4. The van der Waals surface area contributed by atoms with Gasteiger partial charge in [-0.3, -0.25) is 14.2 Å². The van der Waals surface area contributed by atoms with Gasteiger partial charge in [0.05, 0.1) is 20.1 Å². The van der Waals surface area contributed by atoms with Crippen LogP contribution in [0, 0.1) is 0 Å². The maximum atomic E-state index is 13.3. The van der Waals surface area contributed by atoms with Gasteiger partial charge in [-0.1, -0.05) is 91.0 Å². The molecule has 1 aliphatic heterocycles. The molecule has 1 N–H and O–H groups in total. The first-order valence-electron chi connectivity index (χ1n) is 17.0. The molecular weight excluding hydrogens is 662 g/mol. The van der Waals surface area contributed by atoms with E-state index < -0.39 is 41.6 Å². The fourth-order valence-corrected chi connectivity index (χ4v) is 6.26. The van der Waals surface area contributed by atoms with E-state index in [9.17, 15) is 19.2 Å². The van der Waals surface area contributed by atoms with Crippen molar-refractivity contribution in [2.24, 2.45) is 0 Å². The quantitative estimate of drug-likeness (QED) is 0.108. The summed E-state index contributed by atoms with van der Waals surface area (Å²) in [4.78, 5) is 54.8. The highest BCUT2D eigenvalue weighted by Crippen LogP contribution is 2.42. The molecule has 6 rings (SSSR count). The zero-order chi connectivity index (χ0) is 36.5. The molecule has 0 bridgehead atoms. The number of amides is 1. The number of carbonyl (C=O) groups excluding carboxylic acids is 3. The Kier molecular flexibility index (Phi) is 11.3. The number of hydrogen-bond donors (Lipinski definition) is 1. The molecule has 52 heavy (non-hydrogen) atoms. The molecule has 266 valence electrons. The molecular formula is C41H39N3O8. The van der Waals surface area contributed by atoms with E-state index >= 15 is 0 Å². The van der Waals surface area contributed by atoms with Crippen molar-refractivity contribution in [1.82, 2.24) is 9.55 Å². The number of aromatic nitrogens is 2. The van der Waals surface area contributed by atoms with Gasteiger partial charge in [-0.15, -0.1) is 0 Å². The number of hydrogen-bond acceptors (Lipinski definition) is 9. The van der Waals surface area contributed by atoms with Crippen LogP contribution in [0.4, 0.5) is 5.82 Å². The van der Waals surface area contributed by atoms with E-state index in [-0.39, 0.29) is 37.5 Å². The zero-order valence-corrected chi connectivity index (χ0v) is 28.8. The third kappa shape index (κ3) is 8.17. The summed E-state index contributed by atoms with van der Waals surface area (Å²) >= 11 is 0. The average Bonchev–Trinajstić information content (AvgIpc) is 3.57. The van der Waals surface area contributed by atoms with Crippen LogP contribution in [-0.4, -0.2) is 53.1 Å². The first-order valence-corrected chi connectivity index (χ1v) is 17.0. The van der Waals surface area contributed by atoms with Crippen molar-refractivity contribution in [3.8, 4) is 5.75 Å². The number of rotatable bonds is 14. The van der Waals surface area contributed by atoms with Crippen LogP contribution in [-0.2, 0) is 29.4 Å². The van der Waals surface area contributed by atoms with Gasteiger partial charge in [-0.25, -0.2) is 4.79 Å². The number of ketones is 1. The number of esters is 1. The van der Waals surface area contributed by atoms with Gasteiger partial charge >= 0.3 is 11.7 Å². The van der Waals surface area contributed by atoms with Gasteiger partial charge in [0.1, 0.15) is 41.4 Å². The first-order chi connectivity index (χ1) is 25.3. The smallest absolute Gasteiger partial charge is 0.351 e. The summed E-state index contributed by atoms with van der Waals surface area (Å²) in [6.07, 6.45) is -0.934. The highest BCUT2D eigenvalue weighted by Gasteiger charge is 2.44. The summed E-state index contributed by atoms with van der Waals surface area (Å²) in [7, 11) is 1.53. The predicted molar refractivity (Wildman–Crippen MR) is 193 cm³/mol. The topological polar surface area (TPSA) is 135 Å². The van der Waals surface area contributed by atoms with Crippen molar-refractivity contribution >= 4 is 23.5 Å². The fourth-order valence-electron chi connectivity index (χ4n) is 6.26. The zero-order valence-electron chi connectivity index (χ0n) is 28.8. The van der Waals surface area contributed by atoms with E-state index in [1.807, 2.05) is 91.0 Å². The minimum absolute atomic E-state index is 0.0297. The third-order valence-electron chi connectivity index (χ3n) is 8.88. The largest absolute Gasteiger partial charge is 0.497 e. The van der Waals surface area contributed by atoms with E-state index in [0.717, 1.165) is 16.7 Å². The van der Waals surface area contributed by atoms with Gasteiger partial charge < -0.3 is 29.1 Å². The van der Waals surface area contributed by atoms with E-state index in [2.05, 4.69) is 10.3 Å². The second-order valence-corrected chi connectivity index (χ2v) is 12.4. The first kappa shape index (κ1) is 35.9. The number of carbonyl (C=O) groups is 3. The average molecular weight is 702 g/mol. The Labute approximate surface area is 301 Å². The molecule has 0 aliphatic carbocycles. The molecule has 4 aromatic carbocycles. The SMILES string of the molecule is COc1ccc(C(=O)Nc2ccn([C@@H]3C[C@@H](OC(=O)CCC(C)=O)[C@H](COC(c4ccccc4)(c4ccccc4)c4ccccc4)O3)c(=O)n2)cc1. The maximum Gasteiger partial charge on any atom is 0.351 e. The van der Waals surface area contributed by atoms with E-state index in [1.54, 1.807) is 24.3 Å². The fraction of sp³-hybridized carbons (Fsp3) is 0.244. The lowest BCUT2D eigenvalue weighted by atomic mass is 9.80. The molecule has 1 aromatic heterocycles. The van der Waals surface area contributed by atoms with Crippen molar-refractivity contribution in [3.05, 3.63) is 160 Å². The Balaban J connectivity index is 1.28. The van der Waals surface area contributed by atoms with Gasteiger partial charge in [0.25, 0.3) is 5.91 Å². The summed E-state index contributed by atoms with van der Waals surface area (Å²) in [6, 6.07) is 37.5. The number of ether oxygens (including phenoxy) is 4. The lowest BCUT2D eigenvalue weighted by Crippen LogP contribution is -2.39. The van der Waals surface area contributed by atoms with Crippen LogP contribution in [0.3, 0.4) is 0 Å². The lowest BCUT2D eigenvalue weighted by molar-refractivity contribution is -0.156. The van der Waals surface area contributed by atoms with E-state index in [4.69, 9.17) is 18.9 Å². The van der Waals surface area contributed by atoms with Crippen molar-refractivity contribution in [3.63, 3.8) is 0 Å².